The lowest BCUT2D eigenvalue weighted by Crippen LogP contribution is -2.41. The molecule has 0 radical (unpaired) electrons. The molecule has 0 aliphatic carbocycles. The van der Waals surface area contributed by atoms with Gasteiger partial charge in [-0.25, -0.2) is 0 Å². The van der Waals surface area contributed by atoms with Gasteiger partial charge in [-0.3, -0.25) is 9.59 Å². The van der Waals surface area contributed by atoms with Crippen LogP contribution in [0, 0.1) is 5.92 Å². The summed E-state index contributed by atoms with van der Waals surface area (Å²) in [7, 11) is 0. The highest BCUT2D eigenvalue weighted by Gasteiger charge is 2.27. The summed E-state index contributed by atoms with van der Waals surface area (Å²) in [6.45, 7) is 3.34. The molecular weight excluding hydrogens is 350 g/mol. The third-order valence-electron chi connectivity index (χ3n) is 5.51. The second kappa shape index (κ2) is 9.93. The first-order valence-corrected chi connectivity index (χ1v) is 9.49. The van der Waals surface area contributed by atoms with Crippen LogP contribution >= 0.6 is 12.4 Å². The van der Waals surface area contributed by atoms with E-state index in [0.717, 1.165) is 57.4 Å². The van der Waals surface area contributed by atoms with Gasteiger partial charge < -0.3 is 15.5 Å². The van der Waals surface area contributed by atoms with Crippen LogP contribution in [0.25, 0.3) is 0 Å². The van der Waals surface area contributed by atoms with Crippen LogP contribution in [-0.2, 0) is 9.59 Å². The summed E-state index contributed by atoms with van der Waals surface area (Å²) in [5, 5.41) is 0. The largest absolute Gasteiger partial charge is 0.343 e. The highest BCUT2D eigenvalue weighted by Crippen LogP contribution is 2.24. The molecule has 2 aliphatic rings. The molecule has 3 rings (SSSR count). The van der Waals surface area contributed by atoms with Gasteiger partial charge in [0.25, 0.3) is 0 Å². The standard InChI is InChI=1S/C20H29N3O2.ClH/c21-18(17-6-2-1-3-7-17)15-20(25)23-12-8-16(9-13-23)14-19(24)22-10-4-5-11-22;/h1-3,6-7,16,18H,4-5,8-15,21H2;1H. The number of halogens is 1. The SMILES string of the molecule is Cl.NC(CC(=O)N1CCC(CC(=O)N2CCCC2)CC1)c1ccccc1. The third kappa shape index (κ3) is 5.45. The number of carbonyl (C=O) groups excluding carboxylic acids is 2. The molecule has 1 unspecified atom stereocenters. The van der Waals surface area contributed by atoms with Gasteiger partial charge in [-0.05, 0) is 37.2 Å². The molecule has 1 aromatic rings. The lowest BCUT2D eigenvalue weighted by molar-refractivity contribution is -0.134. The normalized spacial score (nSPS) is 19.1. The molecule has 5 nitrogen and oxygen atoms in total. The van der Waals surface area contributed by atoms with Gasteiger partial charge in [0.05, 0.1) is 0 Å². The summed E-state index contributed by atoms with van der Waals surface area (Å²) in [4.78, 5) is 28.7. The smallest absolute Gasteiger partial charge is 0.224 e. The summed E-state index contributed by atoms with van der Waals surface area (Å²) in [5.74, 6) is 0.842. The van der Waals surface area contributed by atoms with E-state index in [0.29, 0.717) is 24.7 Å². The maximum absolute atomic E-state index is 12.5. The second-order valence-corrected chi connectivity index (χ2v) is 7.34. The van der Waals surface area contributed by atoms with Gasteiger partial charge >= 0.3 is 0 Å². The Morgan fingerprint density at radius 1 is 0.962 bits per heavy atom. The number of benzene rings is 1. The Kier molecular flexibility index (Phi) is 7.91. The summed E-state index contributed by atoms with van der Waals surface area (Å²) >= 11 is 0. The first-order chi connectivity index (χ1) is 12.1. The molecule has 2 aliphatic heterocycles. The summed E-state index contributed by atoms with van der Waals surface area (Å²) < 4.78 is 0. The molecule has 2 fully saturated rings. The van der Waals surface area contributed by atoms with E-state index in [1.807, 2.05) is 40.1 Å². The Labute approximate surface area is 162 Å². The van der Waals surface area contributed by atoms with Crippen molar-refractivity contribution in [2.45, 2.75) is 44.6 Å². The number of nitrogens with two attached hydrogens (primary N) is 1. The lowest BCUT2D eigenvalue weighted by Gasteiger charge is -2.33. The average molecular weight is 380 g/mol. The van der Waals surface area contributed by atoms with E-state index in [9.17, 15) is 9.59 Å². The number of piperidine rings is 1. The fourth-order valence-electron chi connectivity index (χ4n) is 3.86. The maximum atomic E-state index is 12.5. The van der Waals surface area contributed by atoms with E-state index in [1.165, 1.54) is 0 Å². The molecule has 0 saturated carbocycles. The molecule has 0 spiro atoms. The zero-order chi connectivity index (χ0) is 17.6. The second-order valence-electron chi connectivity index (χ2n) is 7.34. The van der Waals surface area contributed by atoms with E-state index in [1.54, 1.807) is 0 Å². The Balaban J connectivity index is 0.00000243. The maximum Gasteiger partial charge on any atom is 0.224 e. The molecule has 0 aromatic heterocycles. The Morgan fingerprint density at radius 2 is 1.54 bits per heavy atom. The molecule has 2 amide bonds. The topological polar surface area (TPSA) is 66.6 Å². The number of nitrogens with zero attached hydrogens (tertiary/aromatic N) is 2. The number of hydrogen-bond donors (Lipinski definition) is 1. The Bertz CT molecular complexity index is 582. The zero-order valence-corrected chi connectivity index (χ0v) is 16.1. The van der Waals surface area contributed by atoms with Crippen molar-refractivity contribution in [3.63, 3.8) is 0 Å². The summed E-state index contributed by atoms with van der Waals surface area (Å²) in [5.41, 5.74) is 7.17. The van der Waals surface area contributed by atoms with Crippen molar-refractivity contribution in [3.8, 4) is 0 Å². The van der Waals surface area contributed by atoms with Crippen LogP contribution in [-0.4, -0.2) is 47.8 Å². The lowest BCUT2D eigenvalue weighted by atomic mass is 9.92. The van der Waals surface area contributed by atoms with E-state index >= 15 is 0 Å². The fourth-order valence-corrected chi connectivity index (χ4v) is 3.86. The molecule has 1 atom stereocenters. The number of likely N-dealkylation sites (tertiary alicyclic amines) is 2. The predicted octanol–water partition coefficient (Wildman–Crippen LogP) is 2.75. The molecule has 26 heavy (non-hydrogen) atoms. The molecule has 0 bridgehead atoms. The predicted molar refractivity (Wildman–Crippen MR) is 105 cm³/mol. The van der Waals surface area contributed by atoms with Gasteiger partial charge in [0.2, 0.25) is 11.8 Å². The Morgan fingerprint density at radius 3 is 2.15 bits per heavy atom. The quantitative estimate of drug-likeness (QED) is 0.855. The molecule has 6 heteroatoms. The van der Waals surface area contributed by atoms with Crippen LogP contribution in [0.4, 0.5) is 0 Å². The van der Waals surface area contributed by atoms with Gasteiger partial charge in [0.15, 0.2) is 0 Å². The molecule has 2 heterocycles. The summed E-state index contributed by atoms with van der Waals surface area (Å²) in [6, 6.07) is 9.53. The number of carbonyl (C=O) groups is 2. The van der Waals surface area contributed by atoms with Gasteiger partial charge in [-0.2, -0.15) is 0 Å². The van der Waals surface area contributed by atoms with Crippen molar-refractivity contribution in [3.05, 3.63) is 35.9 Å². The highest BCUT2D eigenvalue weighted by molar-refractivity contribution is 5.85. The van der Waals surface area contributed by atoms with Crippen LogP contribution < -0.4 is 5.73 Å². The molecule has 144 valence electrons. The molecule has 1 aromatic carbocycles. The van der Waals surface area contributed by atoms with Gasteiger partial charge in [-0.15, -0.1) is 12.4 Å². The minimum absolute atomic E-state index is 0. The average Bonchev–Trinajstić information content (AvgIpc) is 3.18. The minimum atomic E-state index is -0.247. The van der Waals surface area contributed by atoms with E-state index in [2.05, 4.69) is 0 Å². The van der Waals surface area contributed by atoms with Crippen LogP contribution in [0.5, 0.6) is 0 Å². The van der Waals surface area contributed by atoms with Crippen molar-refractivity contribution in [2.24, 2.45) is 11.7 Å². The molecule has 2 N–H and O–H groups in total. The van der Waals surface area contributed by atoms with Gasteiger partial charge in [0, 0.05) is 45.1 Å². The van der Waals surface area contributed by atoms with Crippen LogP contribution in [0.3, 0.4) is 0 Å². The van der Waals surface area contributed by atoms with E-state index in [-0.39, 0.29) is 24.4 Å². The van der Waals surface area contributed by atoms with Crippen molar-refractivity contribution in [1.29, 1.82) is 0 Å². The minimum Gasteiger partial charge on any atom is -0.343 e. The Hall–Kier alpha value is -1.59. The highest BCUT2D eigenvalue weighted by atomic mass is 35.5. The van der Waals surface area contributed by atoms with Crippen LogP contribution in [0.1, 0.15) is 50.1 Å². The number of amides is 2. The first-order valence-electron chi connectivity index (χ1n) is 9.49. The fraction of sp³-hybridized carbons (Fsp3) is 0.600. The molecular formula is C20H30ClN3O2. The van der Waals surface area contributed by atoms with Gasteiger partial charge in [0.1, 0.15) is 0 Å². The third-order valence-corrected chi connectivity index (χ3v) is 5.51. The van der Waals surface area contributed by atoms with Gasteiger partial charge in [-0.1, -0.05) is 30.3 Å². The van der Waals surface area contributed by atoms with Crippen molar-refractivity contribution >= 4 is 24.2 Å². The number of rotatable bonds is 5. The monoisotopic (exact) mass is 379 g/mol. The molecule has 2 saturated heterocycles. The summed E-state index contributed by atoms with van der Waals surface area (Å²) in [6.07, 6.45) is 5.12. The van der Waals surface area contributed by atoms with Crippen LogP contribution in [0.15, 0.2) is 30.3 Å². The van der Waals surface area contributed by atoms with Crippen LogP contribution in [0.2, 0.25) is 0 Å². The zero-order valence-electron chi connectivity index (χ0n) is 15.3. The number of hydrogen-bond acceptors (Lipinski definition) is 3. The van der Waals surface area contributed by atoms with E-state index < -0.39 is 0 Å². The van der Waals surface area contributed by atoms with E-state index in [4.69, 9.17) is 5.73 Å². The van der Waals surface area contributed by atoms with Crippen molar-refractivity contribution < 1.29 is 9.59 Å². The van der Waals surface area contributed by atoms with Crippen molar-refractivity contribution in [1.82, 2.24) is 9.80 Å². The first kappa shape index (κ1) is 20.7. The van der Waals surface area contributed by atoms with Crippen molar-refractivity contribution in [2.75, 3.05) is 26.2 Å².